The number of amides is 1. The molecule has 6 heteroatoms. The van der Waals surface area contributed by atoms with Gasteiger partial charge in [-0.3, -0.25) is 4.79 Å². The van der Waals surface area contributed by atoms with Gasteiger partial charge in [-0.25, -0.2) is 9.78 Å². The van der Waals surface area contributed by atoms with Gasteiger partial charge in [0.05, 0.1) is 5.56 Å². The Labute approximate surface area is 122 Å². The number of hydrogen-bond donors (Lipinski definition) is 2. The molecule has 1 amide bonds. The van der Waals surface area contributed by atoms with E-state index in [9.17, 15) is 14.7 Å². The van der Waals surface area contributed by atoms with E-state index < -0.39 is 5.97 Å². The highest BCUT2D eigenvalue weighted by atomic mass is 32.2. The predicted octanol–water partition coefficient (Wildman–Crippen LogP) is 2.16. The number of carbonyl (C=O) groups is 2. The lowest BCUT2D eigenvalue weighted by Crippen LogP contribution is -2.23. The molecular weight excluding hydrogens is 276 g/mol. The fraction of sp³-hybridized carbons (Fsp3) is 0.500. The highest BCUT2D eigenvalue weighted by molar-refractivity contribution is 8.00. The van der Waals surface area contributed by atoms with Crippen LogP contribution in [0.5, 0.6) is 0 Å². The number of pyridine rings is 1. The second-order valence-corrected chi connectivity index (χ2v) is 6.29. The van der Waals surface area contributed by atoms with Crippen molar-refractivity contribution >= 4 is 23.6 Å². The summed E-state index contributed by atoms with van der Waals surface area (Å²) in [7, 11) is 0. The van der Waals surface area contributed by atoms with Crippen molar-refractivity contribution in [3.63, 3.8) is 0 Å². The Morgan fingerprint density at radius 1 is 1.50 bits per heavy atom. The minimum absolute atomic E-state index is 0.0289. The van der Waals surface area contributed by atoms with E-state index >= 15 is 0 Å². The van der Waals surface area contributed by atoms with Gasteiger partial charge in [-0.1, -0.05) is 0 Å². The Morgan fingerprint density at radius 3 is 2.95 bits per heavy atom. The van der Waals surface area contributed by atoms with Gasteiger partial charge in [0, 0.05) is 23.9 Å². The number of aromatic nitrogens is 1. The van der Waals surface area contributed by atoms with Crippen LogP contribution in [0.1, 0.15) is 40.9 Å². The number of aryl methyl sites for hydroxylation is 2. The van der Waals surface area contributed by atoms with Crippen molar-refractivity contribution in [2.45, 2.75) is 43.4 Å². The maximum Gasteiger partial charge on any atom is 0.338 e. The van der Waals surface area contributed by atoms with Gasteiger partial charge in [0.1, 0.15) is 5.03 Å². The van der Waals surface area contributed by atoms with E-state index in [0.717, 1.165) is 18.5 Å². The fourth-order valence-electron chi connectivity index (χ4n) is 2.34. The minimum atomic E-state index is -0.962. The van der Waals surface area contributed by atoms with Gasteiger partial charge >= 0.3 is 5.97 Å². The number of aromatic carboxylic acids is 1. The van der Waals surface area contributed by atoms with Crippen molar-refractivity contribution in [2.75, 3.05) is 6.54 Å². The maximum atomic E-state index is 11.6. The summed E-state index contributed by atoms with van der Waals surface area (Å²) in [6, 6.07) is 1.77. The number of carboxylic acids is 1. The van der Waals surface area contributed by atoms with Crippen LogP contribution >= 0.6 is 11.8 Å². The summed E-state index contributed by atoms with van der Waals surface area (Å²) < 4.78 is 0. The smallest absolute Gasteiger partial charge is 0.338 e. The molecule has 0 spiro atoms. The highest BCUT2D eigenvalue weighted by Crippen LogP contribution is 2.32. The van der Waals surface area contributed by atoms with Gasteiger partial charge in [-0.15, -0.1) is 11.8 Å². The first-order valence-electron chi connectivity index (χ1n) is 6.62. The van der Waals surface area contributed by atoms with Gasteiger partial charge in [-0.2, -0.15) is 0 Å². The van der Waals surface area contributed by atoms with E-state index in [4.69, 9.17) is 0 Å². The van der Waals surface area contributed by atoms with Crippen molar-refractivity contribution in [1.82, 2.24) is 10.3 Å². The lowest BCUT2D eigenvalue weighted by atomic mass is 10.1. The predicted molar refractivity (Wildman–Crippen MR) is 77.2 cm³/mol. The number of carboxylic acid groups (broad SMARTS) is 1. The number of hydrogen-bond acceptors (Lipinski definition) is 4. The third-order valence-corrected chi connectivity index (χ3v) is 4.50. The van der Waals surface area contributed by atoms with Crippen LogP contribution in [-0.4, -0.2) is 33.8 Å². The van der Waals surface area contributed by atoms with E-state index in [-0.39, 0.29) is 16.7 Å². The van der Waals surface area contributed by atoms with Gasteiger partial charge in [-0.05, 0) is 38.3 Å². The van der Waals surface area contributed by atoms with Crippen LogP contribution in [0.4, 0.5) is 0 Å². The third-order valence-electron chi connectivity index (χ3n) is 3.24. The van der Waals surface area contributed by atoms with Gasteiger partial charge < -0.3 is 10.4 Å². The van der Waals surface area contributed by atoms with Crippen molar-refractivity contribution < 1.29 is 14.7 Å². The average molecular weight is 294 g/mol. The Balaban J connectivity index is 2.27. The molecule has 2 heterocycles. The van der Waals surface area contributed by atoms with Gasteiger partial charge in [0.25, 0.3) is 0 Å². The van der Waals surface area contributed by atoms with Crippen LogP contribution in [-0.2, 0) is 4.79 Å². The summed E-state index contributed by atoms with van der Waals surface area (Å²) >= 11 is 1.41. The topological polar surface area (TPSA) is 79.3 Å². The molecule has 1 fully saturated rings. The molecule has 20 heavy (non-hydrogen) atoms. The molecule has 1 atom stereocenters. The second kappa shape index (κ2) is 6.26. The van der Waals surface area contributed by atoms with Crippen LogP contribution < -0.4 is 5.32 Å². The number of rotatable bonds is 3. The zero-order valence-electron chi connectivity index (χ0n) is 11.6. The number of thioether (sulfide) groups is 1. The largest absolute Gasteiger partial charge is 0.478 e. The van der Waals surface area contributed by atoms with Crippen molar-refractivity contribution in [1.29, 1.82) is 0 Å². The fourth-order valence-corrected chi connectivity index (χ4v) is 3.74. The molecule has 0 aliphatic carbocycles. The SMILES string of the molecule is Cc1cc(C)c(C(=O)O)c(SC2CCCNC(=O)C2)n1. The van der Waals surface area contributed by atoms with Gasteiger partial charge in [0.15, 0.2) is 0 Å². The van der Waals surface area contributed by atoms with Crippen LogP contribution in [0.3, 0.4) is 0 Å². The summed E-state index contributed by atoms with van der Waals surface area (Å²) in [5.74, 6) is -0.933. The first-order chi connectivity index (χ1) is 9.47. The first-order valence-corrected chi connectivity index (χ1v) is 7.50. The van der Waals surface area contributed by atoms with Crippen LogP contribution in [0, 0.1) is 13.8 Å². The van der Waals surface area contributed by atoms with E-state index in [0.29, 0.717) is 23.6 Å². The Bertz CT molecular complexity index is 545. The number of nitrogens with zero attached hydrogens (tertiary/aromatic N) is 1. The highest BCUT2D eigenvalue weighted by Gasteiger charge is 2.23. The summed E-state index contributed by atoms with van der Waals surface area (Å²) in [5.41, 5.74) is 1.77. The summed E-state index contributed by atoms with van der Waals surface area (Å²) in [6.07, 6.45) is 2.21. The molecule has 5 nitrogen and oxygen atoms in total. The molecule has 2 rings (SSSR count). The molecule has 1 aromatic heterocycles. The molecule has 1 aromatic rings. The van der Waals surface area contributed by atoms with Crippen LogP contribution in [0.15, 0.2) is 11.1 Å². The molecular formula is C14H18N2O3S. The zero-order valence-corrected chi connectivity index (χ0v) is 12.4. The molecule has 1 saturated heterocycles. The Morgan fingerprint density at radius 2 is 2.25 bits per heavy atom. The normalized spacial score (nSPS) is 19.3. The average Bonchev–Trinajstić information content (AvgIpc) is 2.52. The lowest BCUT2D eigenvalue weighted by molar-refractivity contribution is -0.120. The van der Waals surface area contributed by atoms with Crippen LogP contribution in [0.2, 0.25) is 0 Å². The van der Waals surface area contributed by atoms with Crippen LogP contribution in [0.25, 0.3) is 0 Å². The third kappa shape index (κ3) is 3.50. The molecule has 1 unspecified atom stereocenters. The zero-order chi connectivity index (χ0) is 14.7. The van der Waals surface area contributed by atoms with E-state index in [1.54, 1.807) is 13.0 Å². The number of nitrogens with one attached hydrogen (secondary N) is 1. The first kappa shape index (κ1) is 14.8. The standard InChI is InChI=1S/C14H18N2O3S/c1-8-6-9(2)16-13(12(8)14(18)19)20-10-4-3-5-15-11(17)7-10/h6,10H,3-5,7H2,1-2H3,(H,15,17)(H,18,19). The molecule has 0 saturated carbocycles. The Kier molecular flexibility index (Phi) is 4.65. The summed E-state index contributed by atoms with van der Waals surface area (Å²) in [4.78, 5) is 27.3. The van der Waals surface area contributed by atoms with E-state index in [1.165, 1.54) is 11.8 Å². The molecule has 0 aromatic carbocycles. The molecule has 1 aliphatic rings. The van der Waals surface area contributed by atoms with Crippen molar-refractivity contribution in [3.8, 4) is 0 Å². The van der Waals surface area contributed by atoms with E-state index in [2.05, 4.69) is 10.3 Å². The summed E-state index contributed by atoms with van der Waals surface area (Å²) in [6.45, 7) is 4.33. The van der Waals surface area contributed by atoms with Crippen molar-refractivity contribution in [2.24, 2.45) is 0 Å². The van der Waals surface area contributed by atoms with Gasteiger partial charge in [0.2, 0.25) is 5.91 Å². The molecule has 1 aliphatic heterocycles. The maximum absolute atomic E-state index is 11.6. The summed E-state index contributed by atoms with van der Waals surface area (Å²) in [5, 5.41) is 12.8. The molecule has 0 bridgehead atoms. The van der Waals surface area contributed by atoms with E-state index in [1.807, 2.05) is 6.92 Å². The minimum Gasteiger partial charge on any atom is -0.478 e. The monoisotopic (exact) mass is 294 g/mol. The quantitative estimate of drug-likeness (QED) is 0.893. The number of carbonyl (C=O) groups excluding carboxylic acids is 1. The second-order valence-electron chi connectivity index (χ2n) is 5.00. The molecule has 0 radical (unpaired) electrons. The molecule has 2 N–H and O–H groups in total. The Hall–Kier alpha value is -1.56. The molecule has 108 valence electrons. The lowest BCUT2D eigenvalue weighted by Gasteiger charge is -2.15. The van der Waals surface area contributed by atoms with Crippen molar-refractivity contribution in [3.05, 3.63) is 22.9 Å².